The van der Waals surface area contributed by atoms with E-state index >= 15 is 0 Å². The first-order valence-electron chi connectivity index (χ1n) is 13.0. The van der Waals surface area contributed by atoms with Crippen LogP contribution in [-0.4, -0.2) is 229 Å². The van der Waals surface area contributed by atoms with Crippen LogP contribution in [0.1, 0.15) is 0 Å². The summed E-state index contributed by atoms with van der Waals surface area (Å²) in [7, 11) is 17.0. The summed E-state index contributed by atoms with van der Waals surface area (Å²) in [5.74, 6) is 0. The Morgan fingerprint density at radius 1 is 0.176 bits per heavy atom. The summed E-state index contributed by atoms with van der Waals surface area (Å²) in [6.45, 7) is -19.9. The molecule has 0 saturated heterocycles. The topological polar surface area (TPSA) is 73.8 Å². The molecule has 448 valence electrons. The van der Waals surface area contributed by atoms with E-state index in [2.05, 4.69) is 56.4 Å². The summed E-state index contributed by atoms with van der Waals surface area (Å²) in [4.78, 5) is 0. The van der Waals surface area contributed by atoms with E-state index in [9.17, 15) is 116 Å². The zero-order valence-electron chi connectivity index (χ0n) is 31.7. The van der Waals surface area contributed by atoms with Crippen LogP contribution in [0.15, 0.2) is 0 Å². The van der Waals surface area contributed by atoms with Crippen LogP contribution in [0.2, 0.25) is 0 Å². The standard InChI is InChI=1S/2C4H12N.2BF20O4Te4/c2*1-5(2,3)4;2*2-26(3,4,5,6)22-1(23-27(7,8,9,10)11,24-28(12,13,14,15)16)25-29(17,18,19,20)21/h2*1-4H3;;/q2*+1;2*-1. The van der Waals surface area contributed by atoms with Gasteiger partial charge in [-0.05, 0) is 0 Å². The molecule has 10 nitrogen and oxygen atoms in total. The van der Waals surface area contributed by atoms with Crippen LogP contribution in [-0.2, 0) is 24.1 Å². The van der Waals surface area contributed by atoms with Gasteiger partial charge in [0, 0.05) is 0 Å². The summed E-state index contributed by atoms with van der Waals surface area (Å²) >= 11 is -111. The van der Waals surface area contributed by atoms with Gasteiger partial charge in [0.05, 0.1) is 56.4 Å². The average Bonchev–Trinajstić information content (AvgIpc) is 2.36. The van der Waals surface area contributed by atoms with Crippen LogP contribution in [0.4, 0.5) is 116 Å². The van der Waals surface area contributed by atoms with Crippen LogP contribution in [0.3, 0.4) is 0 Å². The molecule has 0 aliphatic carbocycles. The number of rotatable bonds is 16. The van der Waals surface area contributed by atoms with Crippen LogP contribution in [0, 0.1) is 0 Å². The van der Waals surface area contributed by atoms with E-state index in [0.29, 0.717) is 24.1 Å². The number of halogens is 40. The van der Waals surface area contributed by atoms with Crippen molar-refractivity contribution in [2.45, 2.75) is 0 Å². The molecule has 0 N–H and O–H groups in total. The van der Waals surface area contributed by atoms with Crippen LogP contribution in [0.25, 0.3) is 0 Å². The van der Waals surface area contributed by atoms with Gasteiger partial charge in [-0.25, -0.2) is 0 Å². The van der Waals surface area contributed by atoms with Crippen molar-refractivity contribution in [1.29, 1.82) is 0 Å². The number of hydrogen-bond acceptors (Lipinski definition) is 8. The molecule has 0 amide bonds. The number of nitrogens with zero attached hydrogens (tertiary/aromatic N) is 2. The van der Waals surface area contributed by atoms with Crippen molar-refractivity contribution in [3.05, 3.63) is 0 Å². The van der Waals surface area contributed by atoms with Gasteiger partial charge in [-0.2, -0.15) is 0 Å². The maximum absolute atomic E-state index is 13.9. The van der Waals surface area contributed by atoms with Crippen molar-refractivity contribution in [1.82, 2.24) is 0 Å². The predicted molar refractivity (Wildman–Crippen MR) is 158 cm³/mol. The van der Waals surface area contributed by atoms with Gasteiger partial charge >= 0.3 is 303 Å². The van der Waals surface area contributed by atoms with Gasteiger partial charge in [-0.3, -0.25) is 0 Å². The van der Waals surface area contributed by atoms with E-state index in [1.54, 1.807) is 0 Å². The van der Waals surface area contributed by atoms with E-state index in [1.807, 2.05) is 0 Å². The molecular formula is C8H24B2F40N2O8Te8. The van der Waals surface area contributed by atoms with Gasteiger partial charge in [0.25, 0.3) is 0 Å². The normalized spacial score (nSPS) is 24.7. The van der Waals surface area contributed by atoms with Crippen molar-refractivity contribution in [2.24, 2.45) is 0 Å². The third-order valence-corrected chi connectivity index (χ3v) is 16.1. The molecule has 0 fully saturated rings. The quantitative estimate of drug-likeness (QED) is 0.0860. The second-order valence-corrected chi connectivity index (χ2v) is 59.9. The molecule has 0 aliphatic heterocycles. The fourth-order valence-electron chi connectivity index (χ4n) is 1.97. The Bertz CT molecular complexity index is 1500. The molecule has 0 bridgehead atoms. The summed E-state index contributed by atoms with van der Waals surface area (Å²) in [5.41, 5.74) is 0. The Morgan fingerprint density at radius 2 is 0.221 bits per heavy atom. The molecule has 0 aromatic heterocycles. The molecule has 0 rings (SSSR count). The Balaban J connectivity index is -0.000000500. The van der Waals surface area contributed by atoms with Crippen molar-refractivity contribution < 1.29 is 149 Å². The van der Waals surface area contributed by atoms with Crippen LogP contribution in [0.5, 0.6) is 0 Å². The minimum absolute atomic E-state index is 0.313. The van der Waals surface area contributed by atoms with E-state index in [1.165, 1.54) is 0 Å². The Kier molecular flexibility index (Phi) is 16.0. The SMILES string of the molecule is C[N+](C)(C)C.C[N+](C)(C)C.F[Te](F)(F)(F)(F)O[B-](O[Te](F)(F)(F)(F)F)(O[Te](F)(F)(F)(F)F)O[Te](F)(F)(F)(F)F.F[Te](F)(F)(F)(F)O[B-](O[Te](F)(F)(F)(F)F)(O[Te](F)(F)(F)(F)F)O[Te](F)(F)(F)(F)F. The second kappa shape index (κ2) is 14.0. The molecule has 0 saturated carbocycles. The molecule has 68 heavy (non-hydrogen) atoms. The van der Waals surface area contributed by atoms with Gasteiger partial charge in [0.15, 0.2) is 0 Å². The fourth-order valence-corrected chi connectivity index (χ4v) is 20.6. The van der Waals surface area contributed by atoms with Crippen molar-refractivity contribution in [3.8, 4) is 0 Å². The predicted octanol–water partition coefficient (Wildman–Crippen LogP) is 13.1. The average molecular weight is 2080 g/mol. The first kappa shape index (κ1) is 77.7. The fraction of sp³-hybridized carbons (Fsp3) is 1.00. The Labute approximate surface area is 364 Å². The van der Waals surface area contributed by atoms with E-state index < -0.39 is 163 Å². The first-order chi connectivity index (χ1) is 25.5. The van der Waals surface area contributed by atoms with Crippen LogP contribution < -0.4 is 0 Å². The van der Waals surface area contributed by atoms with Crippen molar-refractivity contribution >= 4 is 163 Å². The second-order valence-electron chi connectivity index (χ2n) is 14.5. The van der Waals surface area contributed by atoms with Crippen molar-refractivity contribution in [2.75, 3.05) is 56.4 Å². The summed E-state index contributed by atoms with van der Waals surface area (Å²) in [5, 5.41) is 0. The molecule has 0 heterocycles. The van der Waals surface area contributed by atoms with Gasteiger partial charge in [0.1, 0.15) is 0 Å². The summed E-state index contributed by atoms with van der Waals surface area (Å²) in [6.07, 6.45) is 0. The molecule has 0 unspecified atom stereocenters. The van der Waals surface area contributed by atoms with E-state index in [4.69, 9.17) is 0 Å². The summed E-state index contributed by atoms with van der Waals surface area (Å²) in [6, 6.07) is 0. The maximum atomic E-state index is 12.0. The third-order valence-electron chi connectivity index (χ3n) is 2.40. The third kappa shape index (κ3) is 71.3. The molecule has 60 heteroatoms. The van der Waals surface area contributed by atoms with Gasteiger partial charge < -0.3 is 8.97 Å². The zero-order chi connectivity index (χ0) is 58.9. The molecular weight excluding hydrogens is 2050 g/mol. The number of hydrogen-bond donors (Lipinski definition) is 0. The van der Waals surface area contributed by atoms with Crippen LogP contribution >= 0.6 is 0 Å². The molecule has 0 aromatic rings. The molecule has 0 spiro atoms. The zero-order valence-corrected chi connectivity index (χ0v) is 50.3. The first-order valence-corrected chi connectivity index (χ1v) is 55.8. The van der Waals surface area contributed by atoms with Crippen molar-refractivity contribution in [3.63, 3.8) is 0 Å². The monoisotopic (exact) mass is 2100 g/mol. The van der Waals surface area contributed by atoms with Gasteiger partial charge in [-0.1, -0.05) is 0 Å². The Hall–Kier alpha value is 3.25. The van der Waals surface area contributed by atoms with Gasteiger partial charge in [0.2, 0.25) is 0 Å². The van der Waals surface area contributed by atoms with E-state index in [0.717, 1.165) is 8.97 Å². The molecule has 0 aromatic carbocycles. The van der Waals surface area contributed by atoms with E-state index in [-0.39, 0.29) is 0 Å². The Morgan fingerprint density at radius 3 is 0.250 bits per heavy atom. The summed E-state index contributed by atoms with van der Waals surface area (Å²) < 4.78 is 486. The molecule has 0 aliphatic rings. The molecule has 0 radical (unpaired) electrons. The minimum atomic E-state index is -13.9. The number of quaternary nitrogens is 2. The van der Waals surface area contributed by atoms with Gasteiger partial charge in [-0.15, -0.1) is 0 Å². The molecule has 0 atom stereocenters.